The molecule has 5 nitrogen and oxygen atoms in total. The first-order valence-corrected chi connectivity index (χ1v) is 10.7. The molecule has 3 rings (SSSR count). The van der Waals surface area contributed by atoms with Gasteiger partial charge < -0.3 is 4.90 Å². The Bertz CT molecular complexity index is 907. The lowest BCUT2D eigenvalue weighted by Gasteiger charge is -2.28. The number of nitrogens with one attached hydrogen (secondary N) is 1. The Balaban J connectivity index is 1.78. The fourth-order valence-electron chi connectivity index (χ4n) is 3.09. The zero-order valence-corrected chi connectivity index (χ0v) is 16.9. The highest BCUT2D eigenvalue weighted by atomic mass is 79.9. The van der Waals surface area contributed by atoms with Crippen LogP contribution in [0.2, 0.25) is 0 Å². The normalized spacial score (nSPS) is 16.4. The molecule has 0 atom stereocenters. The van der Waals surface area contributed by atoms with Crippen molar-refractivity contribution in [3.05, 3.63) is 58.6 Å². The van der Waals surface area contributed by atoms with E-state index in [0.717, 1.165) is 25.9 Å². The van der Waals surface area contributed by atoms with Gasteiger partial charge in [0.25, 0.3) is 10.0 Å². The van der Waals surface area contributed by atoms with Gasteiger partial charge in [-0.2, -0.15) is 0 Å². The average Bonchev–Trinajstić information content (AvgIpc) is 2.62. The summed E-state index contributed by atoms with van der Waals surface area (Å²) in [6.07, 6.45) is 1.67. The summed E-state index contributed by atoms with van der Waals surface area (Å²) in [5.74, 6) is 0.0877. The summed E-state index contributed by atoms with van der Waals surface area (Å²) in [4.78, 5) is 15.1. The minimum Gasteiger partial charge on any atom is -0.306 e. The largest absolute Gasteiger partial charge is 0.306 e. The first-order valence-electron chi connectivity index (χ1n) is 8.46. The van der Waals surface area contributed by atoms with E-state index in [1.807, 2.05) is 0 Å². The van der Waals surface area contributed by atoms with Crippen molar-refractivity contribution in [1.29, 1.82) is 0 Å². The van der Waals surface area contributed by atoms with E-state index in [1.165, 1.54) is 12.1 Å². The van der Waals surface area contributed by atoms with Gasteiger partial charge in [0.05, 0.1) is 4.90 Å². The summed E-state index contributed by atoms with van der Waals surface area (Å²) in [5.41, 5.74) is 0.942. The van der Waals surface area contributed by atoms with Crippen LogP contribution in [0.3, 0.4) is 0 Å². The van der Waals surface area contributed by atoms with Crippen molar-refractivity contribution in [1.82, 2.24) is 4.90 Å². The van der Waals surface area contributed by atoms with E-state index in [2.05, 4.69) is 32.6 Å². The fourth-order valence-corrected chi connectivity index (χ4v) is 4.74. The molecule has 0 radical (unpaired) electrons. The van der Waals surface area contributed by atoms with E-state index >= 15 is 0 Å². The maximum atomic E-state index is 12.7. The Kier molecular flexibility index (Phi) is 5.79. The molecule has 7 heteroatoms. The van der Waals surface area contributed by atoms with E-state index in [4.69, 9.17) is 0 Å². The Morgan fingerprint density at radius 3 is 2.50 bits per heavy atom. The average molecular weight is 437 g/mol. The second kappa shape index (κ2) is 7.90. The van der Waals surface area contributed by atoms with Gasteiger partial charge >= 0.3 is 0 Å². The summed E-state index contributed by atoms with van der Waals surface area (Å²) < 4.78 is 28.3. The van der Waals surface area contributed by atoms with Gasteiger partial charge in [0.2, 0.25) is 0 Å². The maximum Gasteiger partial charge on any atom is 0.261 e. The van der Waals surface area contributed by atoms with Crippen LogP contribution in [0.1, 0.15) is 23.2 Å². The van der Waals surface area contributed by atoms with Gasteiger partial charge in [0.1, 0.15) is 0 Å². The molecule has 1 heterocycles. The molecular formula is C19H21BrN2O3S. The van der Waals surface area contributed by atoms with E-state index < -0.39 is 10.0 Å². The number of sulfonamides is 1. The molecule has 1 fully saturated rings. The minimum absolute atomic E-state index is 0.00290. The van der Waals surface area contributed by atoms with E-state index in [1.54, 1.807) is 36.4 Å². The van der Waals surface area contributed by atoms with Gasteiger partial charge in [0.15, 0.2) is 5.78 Å². The number of Topliss-reactive ketones (excluding diaryl/α,β-unsaturated/α-hetero) is 1. The molecule has 138 valence electrons. The zero-order valence-electron chi connectivity index (χ0n) is 14.5. The van der Waals surface area contributed by atoms with Crippen molar-refractivity contribution in [2.75, 3.05) is 24.9 Å². The first kappa shape index (κ1) is 19.1. The third-order valence-electron chi connectivity index (χ3n) is 4.60. The molecule has 1 aliphatic rings. The lowest BCUT2D eigenvalue weighted by atomic mass is 9.89. The number of halogens is 1. The summed E-state index contributed by atoms with van der Waals surface area (Å²) in [7, 11) is -1.65. The smallest absolute Gasteiger partial charge is 0.261 e. The van der Waals surface area contributed by atoms with Crippen molar-refractivity contribution in [3.8, 4) is 0 Å². The molecule has 0 saturated carbocycles. The molecule has 2 aromatic carbocycles. The van der Waals surface area contributed by atoms with Crippen LogP contribution >= 0.6 is 15.9 Å². The van der Waals surface area contributed by atoms with Crippen molar-refractivity contribution < 1.29 is 13.2 Å². The number of likely N-dealkylation sites (tertiary alicyclic amines) is 1. The Morgan fingerprint density at radius 1 is 1.12 bits per heavy atom. The number of benzene rings is 2. The molecule has 2 aromatic rings. The Morgan fingerprint density at radius 2 is 1.81 bits per heavy atom. The van der Waals surface area contributed by atoms with Crippen LogP contribution in [-0.4, -0.2) is 39.2 Å². The summed E-state index contributed by atoms with van der Waals surface area (Å²) in [6, 6.07) is 13.2. The molecule has 1 aliphatic heterocycles. The van der Waals surface area contributed by atoms with Gasteiger partial charge in [-0.05, 0) is 63.3 Å². The highest BCUT2D eigenvalue weighted by molar-refractivity contribution is 9.10. The molecule has 0 unspecified atom stereocenters. The van der Waals surface area contributed by atoms with E-state index in [0.29, 0.717) is 15.7 Å². The quantitative estimate of drug-likeness (QED) is 0.724. The monoisotopic (exact) mass is 436 g/mol. The predicted molar refractivity (Wildman–Crippen MR) is 106 cm³/mol. The molecule has 1 N–H and O–H groups in total. The summed E-state index contributed by atoms with van der Waals surface area (Å²) in [5, 5.41) is 0. The number of carbonyl (C=O) groups is 1. The number of carbonyl (C=O) groups excluding carboxylic acids is 1. The number of anilines is 1. The number of nitrogens with zero attached hydrogens (tertiary/aromatic N) is 1. The highest BCUT2D eigenvalue weighted by Gasteiger charge is 2.24. The third-order valence-corrected chi connectivity index (χ3v) is 6.47. The molecule has 0 aromatic heterocycles. The van der Waals surface area contributed by atoms with Crippen LogP contribution in [0.4, 0.5) is 5.69 Å². The van der Waals surface area contributed by atoms with Crippen molar-refractivity contribution in [3.63, 3.8) is 0 Å². The lowest BCUT2D eigenvalue weighted by Crippen LogP contribution is -2.33. The molecule has 0 amide bonds. The van der Waals surface area contributed by atoms with E-state index in [9.17, 15) is 13.2 Å². The first-order chi connectivity index (χ1) is 12.3. The molecule has 0 aliphatic carbocycles. The fraction of sp³-hybridized carbons (Fsp3) is 0.316. The Hall–Kier alpha value is -1.70. The Labute approximate surface area is 162 Å². The highest BCUT2D eigenvalue weighted by Crippen LogP contribution is 2.24. The van der Waals surface area contributed by atoms with Crippen LogP contribution in [0, 0.1) is 5.92 Å². The topological polar surface area (TPSA) is 66.5 Å². The molecular weight excluding hydrogens is 416 g/mol. The van der Waals surface area contributed by atoms with Crippen molar-refractivity contribution >= 4 is 37.4 Å². The second-order valence-corrected chi connectivity index (χ2v) is 9.18. The van der Waals surface area contributed by atoms with Crippen LogP contribution < -0.4 is 4.72 Å². The standard InChI is InChI=1S/C19H21BrN2O3S/c1-22-10-8-14(9-11-22)19(23)15-4-2-6-17(12-15)21-26(24,25)18-7-3-5-16(20)13-18/h2-7,12-14,21H,8-11H2,1H3. The molecule has 0 bridgehead atoms. The third kappa shape index (κ3) is 4.52. The van der Waals surface area contributed by atoms with Gasteiger partial charge in [-0.15, -0.1) is 0 Å². The van der Waals surface area contributed by atoms with Gasteiger partial charge in [0, 0.05) is 21.6 Å². The summed E-state index contributed by atoms with van der Waals surface area (Å²) in [6.45, 7) is 1.82. The van der Waals surface area contributed by atoms with E-state index in [-0.39, 0.29) is 16.6 Å². The molecule has 0 spiro atoms. The van der Waals surface area contributed by atoms with Crippen LogP contribution in [0.5, 0.6) is 0 Å². The van der Waals surface area contributed by atoms with Crippen molar-refractivity contribution in [2.45, 2.75) is 17.7 Å². The van der Waals surface area contributed by atoms with Gasteiger partial charge in [-0.25, -0.2) is 8.42 Å². The van der Waals surface area contributed by atoms with Gasteiger partial charge in [-0.1, -0.05) is 34.1 Å². The van der Waals surface area contributed by atoms with Gasteiger partial charge in [-0.3, -0.25) is 9.52 Å². The maximum absolute atomic E-state index is 12.7. The van der Waals surface area contributed by atoms with Crippen molar-refractivity contribution in [2.24, 2.45) is 5.92 Å². The number of piperidine rings is 1. The number of rotatable bonds is 5. The number of hydrogen-bond acceptors (Lipinski definition) is 4. The van der Waals surface area contributed by atoms with Crippen LogP contribution in [0.25, 0.3) is 0 Å². The lowest BCUT2D eigenvalue weighted by molar-refractivity contribution is 0.0857. The molecule has 26 heavy (non-hydrogen) atoms. The zero-order chi connectivity index (χ0) is 18.7. The number of ketones is 1. The summed E-state index contributed by atoms with van der Waals surface area (Å²) >= 11 is 3.28. The molecule has 1 saturated heterocycles. The number of hydrogen-bond donors (Lipinski definition) is 1. The second-order valence-electron chi connectivity index (χ2n) is 6.59. The minimum atomic E-state index is -3.71. The van der Waals surface area contributed by atoms with Crippen LogP contribution in [0.15, 0.2) is 57.9 Å². The predicted octanol–water partition coefficient (Wildman–Crippen LogP) is 3.77. The van der Waals surface area contributed by atoms with Crippen LogP contribution in [-0.2, 0) is 10.0 Å². The SMILES string of the molecule is CN1CCC(C(=O)c2cccc(NS(=O)(=O)c3cccc(Br)c3)c2)CC1.